The van der Waals surface area contributed by atoms with E-state index in [9.17, 15) is 10.2 Å². The molecule has 0 unspecified atom stereocenters. The number of aliphatic hydroxyl groups is 1. The molecule has 0 heterocycles. The summed E-state index contributed by atoms with van der Waals surface area (Å²) >= 11 is 0. The fourth-order valence-electron chi connectivity index (χ4n) is 3.67. The second-order valence-electron chi connectivity index (χ2n) is 7.94. The minimum Gasteiger partial charge on any atom is -0.508 e. The van der Waals surface area contributed by atoms with E-state index in [4.69, 9.17) is 0 Å². The first-order valence-corrected chi connectivity index (χ1v) is 10.5. The van der Waals surface area contributed by atoms with E-state index in [0.717, 1.165) is 34.6 Å². The van der Waals surface area contributed by atoms with Gasteiger partial charge in [0.25, 0.3) is 0 Å². The van der Waals surface area contributed by atoms with E-state index in [1.54, 1.807) is 12.1 Å². The normalized spacial score (nSPS) is 10.8. The van der Waals surface area contributed by atoms with Gasteiger partial charge in [-0.25, -0.2) is 0 Å². The first-order chi connectivity index (χ1) is 15.0. The third-order valence-corrected chi connectivity index (χ3v) is 5.66. The Bertz CT molecular complexity index is 1150. The summed E-state index contributed by atoms with van der Waals surface area (Å²) < 4.78 is 0. The first-order valence-electron chi connectivity index (χ1n) is 10.5. The highest BCUT2D eigenvalue weighted by Crippen LogP contribution is 2.35. The minimum absolute atomic E-state index is 0.0376. The molecule has 0 aliphatic carbocycles. The van der Waals surface area contributed by atoms with Crippen LogP contribution in [0.15, 0.2) is 91.0 Å². The Balaban J connectivity index is 1.68. The van der Waals surface area contributed by atoms with Crippen LogP contribution in [-0.4, -0.2) is 10.2 Å². The molecule has 0 aromatic heterocycles. The van der Waals surface area contributed by atoms with E-state index in [1.165, 1.54) is 16.7 Å². The van der Waals surface area contributed by atoms with Crippen molar-refractivity contribution in [2.24, 2.45) is 0 Å². The zero-order valence-corrected chi connectivity index (χ0v) is 17.9. The van der Waals surface area contributed by atoms with E-state index in [1.807, 2.05) is 36.4 Å². The van der Waals surface area contributed by atoms with Gasteiger partial charge in [-0.1, -0.05) is 42.5 Å². The third-order valence-electron chi connectivity index (χ3n) is 5.66. The van der Waals surface area contributed by atoms with E-state index in [2.05, 4.69) is 61.2 Å². The molecule has 0 radical (unpaired) electrons. The second kappa shape index (κ2) is 9.07. The SMILES string of the molecule is Cc1ccc(N(c2ccc(CO)cc2)c2ccc(Cc3ccc(O)cc3)cc2)cc1C. The molecule has 4 aromatic carbocycles. The maximum atomic E-state index is 9.49. The number of hydrogen-bond donors (Lipinski definition) is 2. The Morgan fingerprint density at radius 3 is 1.58 bits per heavy atom. The summed E-state index contributed by atoms with van der Waals surface area (Å²) in [5.74, 6) is 0.287. The lowest BCUT2D eigenvalue weighted by atomic mass is 10.0. The fourth-order valence-corrected chi connectivity index (χ4v) is 3.67. The van der Waals surface area contributed by atoms with E-state index < -0.39 is 0 Å². The molecule has 0 spiro atoms. The van der Waals surface area contributed by atoms with E-state index >= 15 is 0 Å². The lowest BCUT2D eigenvalue weighted by Crippen LogP contribution is -2.10. The van der Waals surface area contributed by atoms with Crippen molar-refractivity contribution >= 4 is 17.1 Å². The Labute approximate surface area is 183 Å². The standard InChI is InChI=1S/C28H27NO2/c1-20-3-10-27(17-21(20)2)29(26-13-6-24(19-30)7-14-26)25-11-4-22(5-12-25)18-23-8-15-28(31)16-9-23/h3-17,30-31H,18-19H2,1-2H3. The number of nitrogens with zero attached hydrogens (tertiary/aromatic N) is 1. The molecule has 156 valence electrons. The lowest BCUT2D eigenvalue weighted by molar-refractivity contribution is 0.282. The maximum absolute atomic E-state index is 9.49. The number of rotatable bonds is 6. The molecule has 4 aromatic rings. The summed E-state index contributed by atoms with van der Waals surface area (Å²) in [7, 11) is 0. The van der Waals surface area contributed by atoms with Gasteiger partial charge >= 0.3 is 0 Å². The third kappa shape index (κ3) is 4.79. The van der Waals surface area contributed by atoms with E-state index in [0.29, 0.717) is 0 Å². The summed E-state index contributed by atoms with van der Waals surface area (Å²) in [6.45, 7) is 4.29. The number of phenolic OH excluding ortho intramolecular Hbond substituents is 1. The summed E-state index contributed by atoms with van der Waals surface area (Å²) in [6, 6.07) is 30.5. The highest BCUT2D eigenvalue weighted by atomic mass is 16.3. The smallest absolute Gasteiger partial charge is 0.115 e. The summed E-state index contributed by atoms with van der Waals surface area (Å²) in [5.41, 5.74) is 9.02. The van der Waals surface area contributed by atoms with Gasteiger partial charge in [-0.3, -0.25) is 0 Å². The Morgan fingerprint density at radius 1 is 0.581 bits per heavy atom. The molecule has 3 nitrogen and oxygen atoms in total. The molecule has 0 atom stereocenters. The average molecular weight is 410 g/mol. The minimum atomic E-state index is 0.0376. The van der Waals surface area contributed by atoms with Crippen LogP contribution in [0, 0.1) is 13.8 Å². The lowest BCUT2D eigenvalue weighted by Gasteiger charge is -2.26. The summed E-state index contributed by atoms with van der Waals surface area (Å²) in [5, 5.41) is 18.9. The van der Waals surface area contributed by atoms with Crippen molar-refractivity contribution in [2.75, 3.05) is 4.90 Å². The number of aliphatic hydroxyl groups excluding tert-OH is 1. The predicted molar refractivity (Wildman–Crippen MR) is 127 cm³/mol. The van der Waals surface area contributed by atoms with Crippen molar-refractivity contribution in [1.29, 1.82) is 0 Å². The number of hydrogen-bond acceptors (Lipinski definition) is 3. The van der Waals surface area contributed by atoms with Gasteiger partial charge in [0.2, 0.25) is 0 Å². The average Bonchev–Trinajstić information content (AvgIpc) is 2.79. The molecule has 0 saturated heterocycles. The number of phenols is 1. The van der Waals surface area contributed by atoms with Gasteiger partial charge in [0.1, 0.15) is 5.75 Å². The van der Waals surface area contributed by atoms with Gasteiger partial charge in [-0.2, -0.15) is 0 Å². The number of aromatic hydroxyl groups is 1. The van der Waals surface area contributed by atoms with Crippen LogP contribution in [0.1, 0.15) is 27.8 Å². The van der Waals surface area contributed by atoms with Crippen molar-refractivity contribution in [3.8, 4) is 5.75 Å². The zero-order valence-electron chi connectivity index (χ0n) is 17.9. The van der Waals surface area contributed by atoms with Crippen molar-refractivity contribution in [1.82, 2.24) is 0 Å². The fraction of sp³-hybridized carbons (Fsp3) is 0.143. The second-order valence-corrected chi connectivity index (χ2v) is 7.94. The molecule has 0 amide bonds. The van der Waals surface area contributed by atoms with Gasteiger partial charge in [-0.05, 0) is 96.6 Å². The predicted octanol–water partition coefficient (Wildman–Crippen LogP) is 6.56. The van der Waals surface area contributed by atoms with Crippen molar-refractivity contribution in [3.63, 3.8) is 0 Å². The van der Waals surface area contributed by atoms with Crippen LogP contribution < -0.4 is 4.90 Å². The Kier molecular flexibility index (Phi) is 6.06. The number of anilines is 3. The molecule has 0 aliphatic heterocycles. The largest absolute Gasteiger partial charge is 0.508 e. The molecule has 3 heteroatoms. The Hall–Kier alpha value is -3.56. The van der Waals surface area contributed by atoms with Crippen molar-refractivity contribution in [3.05, 3.63) is 119 Å². The molecule has 0 saturated carbocycles. The van der Waals surface area contributed by atoms with Gasteiger partial charge in [-0.15, -0.1) is 0 Å². The first kappa shape index (κ1) is 20.7. The molecule has 0 aliphatic rings. The topological polar surface area (TPSA) is 43.7 Å². The van der Waals surface area contributed by atoms with Gasteiger partial charge < -0.3 is 15.1 Å². The van der Waals surface area contributed by atoms with Crippen LogP contribution in [-0.2, 0) is 13.0 Å². The van der Waals surface area contributed by atoms with Crippen LogP contribution in [0.25, 0.3) is 0 Å². The van der Waals surface area contributed by atoms with Crippen LogP contribution in [0.5, 0.6) is 5.75 Å². The highest BCUT2D eigenvalue weighted by Gasteiger charge is 2.13. The molecule has 0 fully saturated rings. The quantitative estimate of drug-likeness (QED) is 0.379. The highest BCUT2D eigenvalue weighted by molar-refractivity contribution is 5.77. The zero-order chi connectivity index (χ0) is 21.8. The molecular weight excluding hydrogens is 382 g/mol. The van der Waals surface area contributed by atoms with Crippen LogP contribution in [0.4, 0.5) is 17.1 Å². The van der Waals surface area contributed by atoms with Crippen molar-refractivity contribution < 1.29 is 10.2 Å². The number of benzene rings is 4. The van der Waals surface area contributed by atoms with E-state index in [-0.39, 0.29) is 12.4 Å². The van der Waals surface area contributed by atoms with Crippen LogP contribution in [0.3, 0.4) is 0 Å². The molecule has 31 heavy (non-hydrogen) atoms. The van der Waals surface area contributed by atoms with Crippen LogP contribution >= 0.6 is 0 Å². The van der Waals surface area contributed by atoms with Gasteiger partial charge in [0.15, 0.2) is 0 Å². The molecule has 2 N–H and O–H groups in total. The monoisotopic (exact) mass is 409 g/mol. The van der Waals surface area contributed by atoms with Gasteiger partial charge in [0.05, 0.1) is 6.61 Å². The number of aryl methyl sites for hydroxylation is 2. The summed E-state index contributed by atoms with van der Waals surface area (Å²) in [4.78, 5) is 2.23. The maximum Gasteiger partial charge on any atom is 0.115 e. The Morgan fingerprint density at radius 2 is 1.06 bits per heavy atom. The van der Waals surface area contributed by atoms with Crippen LogP contribution in [0.2, 0.25) is 0 Å². The van der Waals surface area contributed by atoms with Gasteiger partial charge in [0, 0.05) is 17.1 Å². The van der Waals surface area contributed by atoms with Crippen molar-refractivity contribution in [2.45, 2.75) is 26.9 Å². The summed E-state index contributed by atoms with van der Waals surface area (Å²) in [6.07, 6.45) is 0.815. The molecule has 0 bridgehead atoms. The molecule has 4 rings (SSSR count). The molecular formula is C28H27NO2.